The SMILES string of the molecule is CC(C)(C)C(=O)OC(OC(=O)C(C)(C)C)[PH](=O)C/C=C/Cc1nc2ncnc(Cl)c2[nH]1. The summed E-state index contributed by atoms with van der Waals surface area (Å²) in [6.45, 7) is 9.99. The van der Waals surface area contributed by atoms with Gasteiger partial charge in [-0.2, -0.15) is 0 Å². The lowest BCUT2D eigenvalue weighted by Crippen LogP contribution is -2.33. The molecule has 0 bridgehead atoms. The number of nitrogens with zero attached hydrogens (tertiary/aromatic N) is 3. The molecule has 0 saturated carbocycles. The second kappa shape index (κ2) is 9.92. The number of fused-ring (bicyclic) bond motifs is 1. The molecule has 0 radical (unpaired) electrons. The fourth-order valence-electron chi connectivity index (χ4n) is 2.14. The van der Waals surface area contributed by atoms with Gasteiger partial charge in [-0.05, 0) is 41.5 Å². The van der Waals surface area contributed by atoms with Crippen LogP contribution >= 0.6 is 19.4 Å². The van der Waals surface area contributed by atoms with Crippen LogP contribution in [0.1, 0.15) is 47.4 Å². The van der Waals surface area contributed by atoms with E-state index in [1.54, 1.807) is 53.7 Å². The number of esters is 2. The van der Waals surface area contributed by atoms with Crippen LogP contribution in [0.15, 0.2) is 18.5 Å². The molecule has 9 nitrogen and oxygen atoms in total. The summed E-state index contributed by atoms with van der Waals surface area (Å²) in [6.07, 6.45) is 5.26. The quantitative estimate of drug-likeness (QED) is 0.210. The van der Waals surface area contributed by atoms with Crippen LogP contribution in [-0.2, 0) is 30.0 Å². The van der Waals surface area contributed by atoms with Crippen LogP contribution in [0.3, 0.4) is 0 Å². The lowest BCUT2D eigenvalue weighted by Gasteiger charge is -2.25. The van der Waals surface area contributed by atoms with E-state index in [0.29, 0.717) is 23.4 Å². The highest BCUT2D eigenvalue weighted by Gasteiger charge is 2.34. The maximum atomic E-state index is 12.8. The normalized spacial score (nSPS) is 13.7. The number of rotatable bonds is 7. The highest BCUT2D eigenvalue weighted by molar-refractivity contribution is 7.45. The second-order valence-corrected chi connectivity index (χ2v) is 11.2. The number of ether oxygens (including phenoxy) is 2. The highest BCUT2D eigenvalue weighted by atomic mass is 35.5. The third-order valence-corrected chi connectivity index (χ3v) is 5.69. The zero-order valence-corrected chi connectivity index (χ0v) is 20.2. The van der Waals surface area contributed by atoms with E-state index in [1.807, 2.05) is 0 Å². The maximum Gasteiger partial charge on any atom is 0.314 e. The lowest BCUT2D eigenvalue weighted by atomic mass is 9.97. The summed E-state index contributed by atoms with van der Waals surface area (Å²) in [4.78, 5) is 39.8. The molecule has 0 saturated heterocycles. The van der Waals surface area contributed by atoms with Gasteiger partial charge in [0.1, 0.15) is 17.7 Å². The molecular formula is C20H28ClN4O5P. The number of allylic oxidation sites excluding steroid dienone is 2. The number of hydrogen-bond donors (Lipinski definition) is 1. The number of carbonyl (C=O) groups excluding carboxylic acids is 2. The van der Waals surface area contributed by atoms with Gasteiger partial charge < -0.3 is 19.0 Å². The molecule has 0 fully saturated rings. The summed E-state index contributed by atoms with van der Waals surface area (Å²) < 4.78 is 23.3. The first kappa shape index (κ1) is 25.0. The smallest absolute Gasteiger partial charge is 0.314 e. The topological polar surface area (TPSA) is 124 Å². The predicted octanol–water partition coefficient (Wildman–Crippen LogP) is 4.13. The molecule has 1 N–H and O–H groups in total. The Morgan fingerprint density at radius 2 is 1.68 bits per heavy atom. The van der Waals surface area contributed by atoms with Gasteiger partial charge in [-0.1, -0.05) is 23.8 Å². The van der Waals surface area contributed by atoms with E-state index in [9.17, 15) is 14.2 Å². The summed E-state index contributed by atoms with van der Waals surface area (Å²) in [7, 11) is -2.62. The third kappa shape index (κ3) is 7.14. The van der Waals surface area contributed by atoms with E-state index in [4.69, 9.17) is 21.1 Å². The largest absolute Gasteiger partial charge is 0.418 e. The monoisotopic (exact) mass is 470 g/mol. The average Bonchev–Trinajstić information content (AvgIpc) is 3.07. The van der Waals surface area contributed by atoms with Gasteiger partial charge in [0, 0.05) is 12.6 Å². The minimum absolute atomic E-state index is 0.0883. The van der Waals surface area contributed by atoms with Gasteiger partial charge in [-0.3, -0.25) is 9.59 Å². The van der Waals surface area contributed by atoms with Gasteiger partial charge in [0.15, 0.2) is 18.6 Å². The van der Waals surface area contributed by atoms with Crippen LogP contribution < -0.4 is 0 Å². The van der Waals surface area contributed by atoms with Gasteiger partial charge >= 0.3 is 11.9 Å². The minimum atomic E-state index is -2.62. The van der Waals surface area contributed by atoms with E-state index >= 15 is 0 Å². The summed E-state index contributed by atoms with van der Waals surface area (Å²) in [5, 5.41) is 0.280. The molecule has 0 amide bonds. The molecular weight excluding hydrogens is 443 g/mol. The van der Waals surface area contributed by atoms with Crippen molar-refractivity contribution in [3.63, 3.8) is 0 Å². The van der Waals surface area contributed by atoms with Crippen molar-refractivity contribution < 1.29 is 23.6 Å². The lowest BCUT2D eigenvalue weighted by molar-refractivity contribution is -0.184. The fourth-order valence-corrected chi connectivity index (χ4v) is 3.38. The first-order valence-electron chi connectivity index (χ1n) is 9.74. The minimum Gasteiger partial charge on any atom is -0.418 e. The number of halogens is 1. The summed E-state index contributed by atoms with van der Waals surface area (Å²) in [5.74, 6) is -0.577. The summed E-state index contributed by atoms with van der Waals surface area (Å²) in [5.41, 5.74) is -0.643. The van der Waals surface area contributed by atoms with Crippen molar-refractivity contribution in [2.45, 2.75) is 54.0 Å². The van der Waals surface area contributed by atoms with Crippen molar-refractivity contribution in [3.8, 4) is 0 Å². The van der Waals surface area contributed by atoms with Gasteiger partial charge in [-0.25, -0.2) is 15.0 Å². The van der Waals surface area contributed by atoms with Crippen LogP contribution in [0.25, 0.3) is 11.2 Å². The zero-order chi connectivity index (χ0) is 23.4. The molecule has 1 unspecified atom stereocenters. The Balaban J connectivity index is 2.04. The molecule has 0 spiro atoms. The van der Waals surface area contributed by atoms with Crippen molar-refractivity contribution in [2.75, 3.05) is 6.16 Å². The maximum absolute atomic E-state index is 12.8. The Kier molecular flexibility index (Phi) is 8.00. The van der Waals surface area contributed by atoms with Crippen LogP contribution in [0.4, 0.5) is 0 Å². The molecule has 0 aliphatic carbocycles. The Hall–Kier alpha value is -2.25. The van der Waals surface area contributed by atoms with Gasteiger partial charge in [0.2, 0.25) is 0 Å². The second-order valence-electron chi connectivity index (χ2n) is 9.04. The Morgan fingerprint density at radius 1 is 1.10 bits per heavy atom. The van der Waals surface area contributed by atoms with Gasteiger partial charge in [0.25, 0.3) is 6.03 Å². The van der Waals surface area contributed by atoms with E-state index < -0.39 is 36.6 Å². The molecule has 170 valence electrons. The summed E-state index contributed by atoms with van der Waals surface area (Å²) in [6, 6.07) is -1.42. The molecule has 2 aromatic rings. The van der Waals surface area contributed by atoms with Crippen molar-refractivity contribution >= 4 is 42.5 Å². The molecule has 0 aromatic carbocycles. The fraction of sp³-hybridized carbons (Fsp3) is 0.550. The van der Waals surface area contributed by atoms with E-state index in [0.717, 1.165) is 0 Å². The predicted molar refractivity (Wildman–Crippen MR) is 118 cm³/mol. The Morgan fingerprint density at radius 3 is 2.19 bits per heavy atom. The molecule has 2 heterocycles. The molecule has 1 atom stereocenters. The Bertz CT molecular complexity index is 979. The van der Waals surface area contributed by atoms with Crippen molar-refractivity contribution in [1.82, 2.24) is 19.9 Å². The third-order valence-electron chi connectivity index (χ3n) is 4.00. The molecule has 2 rings (SSSR count). The van der Waals surface area contributed by atoms with Crippen LogP contribution in [-0.4, -0.2) is 44.1 Å². The van der Waals surface area contributed by atoms with Crippen molar-refractivity contribution in [3.05, 3.63) is 29.5 Å². The van der Waals surface area contributed by atoms with E-state index in [2.05, 4.69) is 19.9 Å². The van der Waals surface area contributed by atoms with Crippen LogP contribution in [0, 0.1) is 10.8 Å². The first-order valence-corrected chi connectivity index (χ1v) is 11.8. The number of nitrogens with one attached hydrogen (secondary N) is 1. The summed E-state index contributed by atoms with van der Waals surface area (Å²) >= 11 is 5.99. The highest BCUT2D eigenvalue weighted by Crippen LogP contribution is 2.34. The van der Waals surface area contributed by atoms with Crippen molar-refractivity contribution in [1.29, 1.82) is 0 Å². The molecule has 31 heavy (non-hydrogen) atoms. The van der Waals surface area contributed by atoms with E-state index in [1.165, 1.54) is 6.33 Å². The number of H-pyrrole nitrogens is 1. The van der Waals surface area contributed by atoms with Gasteiger partial charge in [-0.15, -0.1) is 0 Å². The van der Waals surface area contributed by atoms with Crippen LogP contribution in [0.5, 0.6) is 0 Å². The average molecular weight is 471 g/mol. The van der Waals surface area contributed by atoms with Gasteiger partial charge in [0.05, 0.1) is 10.8 Å². The number of hydrogen-bond acceptors (Lipinski definition) is 8. The zero-order valence-electron chi connectivity index (χ0n) is 18.5. The van der Waals surface area contributed by atoms with E-state index in [-0.39, 0.29) is 11.3 Å². The first-order chi connectivity index (χ1) is 14.3. The number of carbonyl (C=O) groups is 2. The number of aromatic nitrogens is 4. The molecule has 0 aliphatic heterocycles. The Labute approximate surface area is 186 Å². The standard InChI is InChI=1S/C20H28ClN4O5P/c1-19(2,3)16(26)29-18(30-17(27)20(4,5)6)31(28)10-8-7-9-12-24-13-14(21)22-11-23-15(13)25-12/h7-8,11,18,31H,9-10H2,1-6H3,(H,22,23,24,25)/b8-7+. The van der Waals surface area contributed by atoms with Crippen LogP contribution in [0.2, 0.25) is 5.15 Å². The number of aromatic amines is 1. The van der Waals surface area contributed by atoms with Crippen molar-refractivity contribution in [2.24, 2.45) is 10.8 Å². The number of imidazole rings is 1. The molecule has 0 aliphatic rings. The molecule has 2 aromatic heterocycles. The molecule has 11 heteroatoms.